The summed E-state index contributed by atoms with van der Waals surface area (Å²) in [5, 5.41) is 20.8. The largest absolute Gasteiger partial charge is 0.409 e. The van der Waals surface area contributed by atoms with Gasteiger partial charge in [-0.15, -0.1) is 0 Å². The summed E-state index contributed by atoms with van der Waals surface area (Å²) in [5.74, 6) is -0.539. The van der Waals surface area contributed by atoms with Crippen LogP contribution in [-0.2, 0) is 0 Å². The molecule has 5 N–H and O–H groups in total. The Morgan fingerprint density at radius 1 is 1.47 bits per heavy atom. The molecule has 1 amide bonds. The average Bonchev–Trinajstić information content (AvgIpc) is 2.92. The molecule has 98 valence electrons. The van der Waals surface area contributed by atoms with Crippen molar-refractivity contribution >= 4 is 29.0 Å². The fraction of sp³-hybridized carbons (Fsp3) is 0. The summed E-state index contributed by atoms with van der Waals surface area (Å²) in [6.45, 7) is 0. The quantitative estimate of drug-likeness (QED) is 0.294. The number of nitrogens with zero attached hydrogens (tertiary/aromatic N) is 2. The standard InChI is InChI=1S/C11H10ClN5O2/c12-6-1-2-7(10(13)17-19)9(5-6)15-11(18)8-3-4-14-16-8/h1-5,19H,(H2,13,17)(H,14,16)(H,15,18). The molecule has 0 spiro atoms. The van der Waals surface area contributed by atoms with E-state index >= 15 is 0 Å². The molecule has 0 saturated heterocycles. The van der Waals surface area contributed by atoms with E-state index in [0.29, 0.717) is 16.3 Å². The van der Waals surface area contributed by atoms with Gasteiger partial charge in [0.05, 0.1) is 5.69 Å². The van der Waals surface area contributed by atoms with Crippen molar-refractivity contribution in [1.29, 1.82) is 0 Å². The fourth-order valence-electron chi connectivity index (χ4n) is 1.47. The summed E-state index contributed by atoms with van der Waals surface area (Å²) >= 11 is 5.86. The molecule has 0 atom stereocenters. The Labute approximate surface area is 113 Å². The van der Waals surface area contributed by atoms with Crippen LogP contribution in [0.3, 0.4) is 0 Å². The minimum absolute atomic E-state index is 0.128. The lowest BCUT2D eigenvalue weighted by Gasteiger charge is -2.09. The molecule has 1 aromatic carbocycles. The molecule has 7 nitrogen and oxygen atoms in total. The predicted octanol–water partition coefficient (Wildman–Crippen LogP) is 1.41. The van der Waals surface area contributed by atoms with Crippen LogP contribution in [0.25, 0.3) is 0 Å². The van der Waals surface area contributed by atoms with Crippen LogP contribution in [0.1, 0.15) is 16.1 Å². The average molecular weight is 280 g/mol. The first-order valence-corrected chi connectivity index (χ1v) is 5.58. The SMILES string of the molecule is NC(=NO)c1ccc(Cl)cc1NC(=O)c1ccn[nH]1. The van der Waals surface area contributed by atoms with Gasteiger partial charge in [-0.05, 0) is 24.3 Å². The molecule has 1 heterocycles. The molecule has 0 radical (unpaired) electrons. The van der Waals surface area contributed by atoms with Gasteiger partial charge in [0.15, 0.2) is 5.84 Å². The van der Waals surface area contributed by atoms with Crippen molar-refractivity contribution < 1.29 is 10.0 Å². The van der Waals surface area contributed by atoms with E-state index in [-0.39, 0.29) is 11.5 Å². The van der Waals surface area contributed by atoms with Gasteiger partial charge >= 0.3 is 0 Å². The van der Waals surface area contributed by atoms with Gasteiger partial charge in [-0.1, -0.05) is 16.8 Å². The number of nitrogens with one attached hydrogen (secondary N) is 2. The Morgan fingerprint density at radius 2 is 2.26 bits per heavy atom. The van der Waals surface area contributed by atoms with E-state index in [1.165, 1.54) is 18.3 Å². The van der Waals surface area contributed by atoms with Crippen molar-refractivity contribution in [2.24, 2.45) is 10.9 Å². The topological polar surface area (TPSA) is 116 Å². The van der Waals surface area contributed by atoms with Gasteiger partial charge in [0, 0.05) is 16.8 Å². The van der Waals surface area contributed by atoms with Gasteiger partial charge in [-0.25, -0.2) is 0 Å². The highest BCUT2D eigenvalue weighted by molar-refractivity contribution is 6.31. The molecule has 0 aliphatic carbocycles. The first kappa shape index (κ1) is 12.9. The van der Waals surface area contributed by atoms with E-state index in [1.807, 2.05) is 0 Å². The van der Waals surface area contributed by atoms with Gasteiger partial charge in [-0.2, -0.15) is 5.10 Å². The zero-order valence-corrected chi connectivity index (χ0v) is 10.3. The molecular weight excluding hydrogens is 270 g/mol. The van der Waals surface area contributed by atoms with Crippen LogP contribution in [0.5, 0.6) is 0 Å². The number of H-pyrrole nitrogens is 1. The Bertz CT molecular complexity index is 624. The van der Waals surface area contributed by atoms with Crippen LogP contribution >= 0.6 is 11.6 Å². The molecule has 0 fully saturated rings. The lowest BCUT2D eigenvalue weighted by molar-refractivity contribution is 0.102. The molecular formula is C11H10ClN5O2. The molecule has 0 aliphatic rings. The summed E-state index contributed by atoms with van der Waals surface area (Å²) in [6.07, 6.45) is 1.46. The van der Waals surface area contributed by atoms with E-state index in [1.54, 1.807) is 12.1 Å². The van der Waals surface area contributed by atoms with Crippen LogP contribution in [0.2, 0.25) is 5.02 Å². The molecule has 0 saturated carbocycles. The number of aromatic amines is 1. The summed E-state index contributed by atoms with van der Waals surface area (Å²) in [5.41, 5.74) is 6.50. The Kier molecular flexibility index (Phi) is 3.67. The number of hydrogen-bond acceptors (Lipinski definition) is 4. The smallest absolute Gasteiger partial charge is 0.273 e. The maximum absolute atomic E-state index is 11.9. The van der Waals surface area contributed by atoms with E-state index in [0.717, 1.165) is 0 Å². The van der Waals surface area contributed by atoms with Crippen LogP contribution < -0.4 is 11.1 Å². The third kappa shape index (κ3) is 2.83. The van der Waals surface area contributed by atoms with E-state index in [2.05, 4.69) is 20.7 Å². The number of rotatable bonds is 3. The normalized spacial score (nSPS) is 11.3. The second-order valence-corrected chi connectivity index (χ2v) is 4.04. The number of benzene rings is 1. The monoisotopic (exact) mass is 279 g/mol. The lowest BCUT2D eigenvalue weighted by atomic mass is 10.1. The zero-order chi connectivity index (χ0) is 13.8. The zero-order valence-electron chi connectivity index (χ0n) is 9.59. The number of carbonyl (C=O) groups is 1. The highest BCUT2D eigenvalue weighted by atomic mass is 35.5. The number of aromatic nitrogens is 2. The number of oxime groups is 1. The Hall–Kier alpha value is -2.54. The van der Waals surface area contributed by atoms with Crippen molar-refractivity contribution in [3.63, 3.8) is 0 Å². The lowest BCUT2D eigenvalue weighted by Crippen LogP contribution is -2.19. The van der Waals surface area contributed by atoms with Crippen LogP contribution in [-0.4, -0.2) is 27.1 Å². The van der Waals surface area contributed by atoms with Crippen LogP contribution in [0.15, 0.2) is 35.6 Å². The van der Waals surface area contributed by atoms with Gasteiger partial charge in [0.1, 0.15) is 5.69 Å². The second kappa shape index (κ2) is 5.40. The van der Waals surface area contributed by atoms with Gasteiger partial charge < -0.3 is 16.3 Å². The molecule has 0 aliphatic heterocycles. The van der Waals surface area contributed by atoms with Gasteiger partial charge in [0.25, 0.3) is 5.91 Å². The van der Waals surface area contributed by atoms with E-state index in [9.17, 15) is 4.79 Å². The first-order chi connectivity index (χ1) is 9.11. The highest BCUT2D eigenvalue weighted by Crippen LogP contribution is 2.21. The van der Waals surface area contributed by atoms with E-state index < -0.39 is 5.91 Å². The van der Waals surface area contributed by atoms with Crippen LogP contribution in [0, 0.1) is 0 Å². The summed E-state index contributed by atoms with van der Waals surface area (Å²) in [7, 11) is 0. The summed E-state index contributed by atoms with van der Waals surface area (Å²) in [4.78, 5) is 11.9. The maximum Gasteiger partial charge on any atom is 0.273 e. The van der Waals surface area contributed by atoms with E-state index in [4.69, 9.17) is 22.5 Å². The molecule has 0 bridgehead atoms. The molecule has 19 heavy (non-hydrogen) atoms. The number of amidine groups is 1. The second-order valence-electron chi connectivity index (χ2n) is 3.60. The fourth-order valence-corrected chi connectivity index (χ4v) is 1.64. The number of nitrogens with two attached hydrogens (primary N) is 1. The molecule has 0 unspecified atom stereocenters. The maximum atomic E-state index is 11.9. The van der Waals surface area contributed by atoms with Crippen molar-refractivity contribution in [3.8, 4) is 0 Å². The van der Waals surface area contributed by atoms with Gasteiger partial charge in [-0.3, -0.25) is 9.89 Å². The molecule has 1 aromatic heterocycles. The third-order valence-corrected chi connectivity index (χ3v) is 2.59. The summed E-state index contributed by atoms with van der Waals surface area (Å²) in [6, 6.07) is 6.13. The predicted molar refractivity (Wildman–Crippen MR) is 70.5 cm³/mol. The van der Waals surface area contributed by atoms with Crippen molar-refractivity contribution in [2.45, 2.75) is 0 Å². The van der Waals surface area contributed by atoms with Crippen LogP contribution in [0.4, 0.5) is 5.69 Å². The minimum Gasteiger partial charge on any atom is -0.409 e. The highest BCUT2D eigenvalue weighted by Gasteiger charge is 2.13. The van der Waals surface area contributed by atoms with Crippen molar-refractivity contribution in [1.82, 2.24) is 10.2 Å². The number of anilines is 1. The van der Waals surface area contributed by atoms with Crippen molar-refractivity contribution in [2.75, 3.05) is 5.32 Å². The number of amides is 1. The molecule has 2 aromatic rings. The Morgan fingerprint density at radius 3 is 2.89 bits per heavy atom. The molecule has 8 heteroatoms. The molecule has 2 rings (SSSR count). The van der Waals surface area contributed by atoms with Gasteiger partial charge in [0.2, 0.25) is 0 Å². The third-order valence-electron chi connectivity index (χ3n) is 2.36. The number of halogens is 1. The first-order valence-electron chi connectivity index (χ1n) is 5.20. The number of hydrogen-bond donors (Lipinski definition) is 4. The minimum atomic E-state index is -0.410. The number of carbonyl (C=O) groups excluding carboxylic acids is 1. The Balaban J connectivity index is 2.33. The summed E-state index contributed by atoms with van der Waals surface area (Å²) < 4.78 is 0. The van der Waals surface area contributed by atoms with Crippen molar-refractivity contribution in [3.05, 3.63) is 46.7 Å².